The molecule has 1 aliphatic heterocycles. The minimum absolute atomic E-state index is 0.160. The molecular formula is C28H33ClFN5O4. The number of hydrogen-bond donors (Lipinski definition) is 2. The number of hydrogen-bond acceptors (Lipinski definition) is 7. The maximum absolute atomic E-state index is 14.4. The lowest BCUT2D eigenvalue weighted by Gasteiger charge is -2.29. The average molecular weight is 558 g/mol. The number of rotatable bonds is 12. The second kappa shape index (κ2) is 14.2. The summed E-state index contributed by atoms with van der Waals surface area (Å²) in [4.78, 5) is 28.1. The molecule has 2 heterocycles. The Morgan fingerprint density at radius 1 is 1.21 bits per heavy atom. The van der Waals surface area contributed by atoms with Gasteiger partial charge in [-0.3, -0.25) is 14.5 Å². The van der Waals surface area contributed by atoms with Crippen molar-refractivity contribution in [3.63, 3.8) is 0 Å². The fraction of sp³-hybridized carbons (Fsp3) is 0.429. The summed E-state index contributed by atoms with van der Waals surface area (Å²) in [6, 6.07) is 11.5. The molecule has 2 aromatic carbocycles. The molecule has 1 amide bonds. The third-order valence-electron chi connectivity index (χ3n) is 6.74. The number of nitrogens with one attached hydrogen (secondary N) is 2. The van der Waals surface area contributed by atoms with Gasteiger partial charge in [0.05, 0.1) is 31.9 Å². The minimum atomic E-state index is -0.407. The Labute approximate surface area is 232 Å². The van der Waals surface area contributed by atoms with Gasteiger partial charge in [-0.2, -0.15) is 15.4 Å². The van der Waals surface area contributed by atoms with E-state index in [0.29, 0.717) is 48.6 Å². The molecule has 0 saturated carbocycles. The predicted octanol–water partition coefficient (Wildman–Crippen LogP) is 3.90. The number of halogens is 2. The maximum atomic E-state index is 14.4. The largest absolute Gasteiger partial charge is 0.466 e. The molecule has 1 saturated heterocycles. The van der Waals surface area contributed by atoms with Crippen molar-refractivity contribution in [2.45, 2.75) is 32.2 Å². The number of aromatic amines is 1. The zero-order valence-electron chi connectivity index (χ0n) is 21.9. The van der Waals surface area contributed by atoms with Crippen LogP contribution in [0.1, 0.15) is 35.8 Å². The summed E-state index contributed by atoms with van der Waals surface area (Å²) >= 11 is 6.06. The molecule has 1 fully saturated rings. The smallest absolute Gasteiger partial charge is 0.309 e. The van der Waals surface area contributed by atoms with Gasteiger partial charge in [-0.15, -0.1) is 0 Å². The SMILES string of the molecule is CCOC(=O)[C@H](CCN1CCOCC1)C[C@@H](Cc1ccc(-c2cc(Cl)ccc2F)cc1)NC(=O)c1cn[nH]n1. The molecule has 0 bridgehead atoms. The van der Waals surface area contributed by atoms with Crippen LogP contribution in [0.3, 0.4) is 0 Å². The summed E-state index contributed by atoms with van der Waals surface area (Å²) in [7, 11) is 0. The van der Waals surface area contributed by atoms with Crippen LogP contribution in [0.2, 0.25) is 5.02 Å². The van der Waals surface area contributed by atoms with Crippen LogP contribution in [0.5, 0.6) is 0 Å². The quantitative estimate of drug-likeness (QED) is 0.325. The molecule has 9 nitrogen and oxygen atoms in total. The zero-order valence-corrected chi connectivity index (χ0v) is 22.6. The van der Waals surface area contributed by atoms with Crippen molar-refractivity contribution in [2.75, 3.05) is 39.5 Å². The van der Waals surface area contributed by atoms with Crippen molar-refractivity contribution < 1.29 is 23.5 Å². The number of benzene rings is 2. The number of amides is 1. The van der Waals surface area contributed by atoms with Gasteiger partial charge in [-0.1, -0.05) is 35.9 Å². The van der Waals surface area contributed by atoms with E-state index in [0.717, 1.165) is 25.2 Å². The third kappa shape index (κ3) is 8.32. The third-order valence-corrected chi connectivity index (χ3v) is 6.98. The van der Waals surface area contributed by atoms with Crippen LogP contribution < -0.4 is 5.32 Å². The van der Waals surface area contributed by atoms with E-state index in [1.807, 2.05) is 24.3 Å². The fourth-order valence-corrected chi connectivity index (χ4v) is 4.86. The fourth-order valence-electron chi connectivity index (χ4n) is 4.69. The molecule has 3 aromatic rings. The van der Waals surface area contributed by atoms with E-state index in [9.17, 15) is 14.0 Å². The number of carbonyl (C=O) groups excluding carboxylic acids is 2. The van der Waals surface area contributed by atoms with Crippen LogP contribution in [0, 0.1) is 11.7 Å². The topological polar surface area (TPSA) is 109 Å². The normalized spacial score (nSPS) is 15.5. The predicted molar refractivity (Wildman–Crippen MR) is 145 cm³/mol. The molecular weight excluding hydrogens is 525 g/mol. The van der Waals surface area contributed by atoms with E-state index in [2.05, 4.69) is 25.6 Å². The second-order valence-corrected chi connectivity index (χ2v) is 9.91. The summed E-state index contributed by atoms with van der Waals surface area (Å²) in [5.41, 5.74) is 2.18. The maximum Gasteiger partial charge on any atom is 0.309 e. The van der Waals surface area contributed by atoms with Crippen LogP contribution in [-0.2, 0) is 20.7 Å². The summed E-state index contributed by atoms with van der Waals surface area (Å²) in [6.07, 6.45) is 2.79. The standard InChI is InChI=1S/C28H33ClFN5O4/c1-2-39-28(37)21(9-10-35-11-13-38-14-12-35)16-23(32-27(36)26-18-31-34-33-26)15-19-3-5-20(6-4-19)24-17-22(29)7-8-25(24)30/h3-8,17-18,21,23H,2,9-16H2,1H3,(H,32,36)(H,31,33,34)/t21-,23-/m1/s1. The number of nitrogens with zero attached hydrogens (tertiary/aromatic N) is 3. The first-order chi connectivity index (χ1) is 18.9. The van der Waals surface area contributed by atoms with Crippen molar-refractivity contribution in [3.05, 3.63) is 70.8 Å². The zero-order chi connectivity index (χ0) is 27.6. The summed E-state index contributed by atoms with van der Waals surface area (Å²) in [6.45, 7) is 5.79. The molecule has 0 aliphatic carbocycles. The first kappa shape index (κ1) is 28.7. The Morgan fingerprint density at radius 3 is 2.67 bits per heavy atom. The van der Waals surface area contributed by atoms with Gasteiger partial charge in [-0.25, -0.2) is 4.39 Å². The van der Waals surface area contributed by atoms with E-state index >= 15 is 0 Å². The van der Waals surface area contributed by atoms with Crippen LogP contribution in [0.15, 0.2) is 48.7 Å². The minimum Gasteiger partial charge on any atom is -0.466 e. The van der Waals surface area contributed by atoms with E-state index in [4.69, 9.17) is 21.1 Å². The van der Waals surface area contributed by atoms with Gasteiger partial charge in [0.1, 0.15) is 5.82 Å². The molecule has 0 unspecified atom stereocenters. The monoisotopic (exact) mass is 557 g/mol. The number of aromatic nitrogens is 3. The van der Waals surface area contributed by atoms with Gasteiger partial charge >= 0.3 is 5.97 Å². The Morgan fingerprint density at radius 2 is 1.97 bits per heavy atom. The highest BCUT2D eigenvalue weighted by Gasteiger charge is 2.27. The molecule has 39 heavy (non-hydrogen) atoms. The van der Waals surface area contributed by atoms with Gasteiger partial charge in [0.25, 0.3) is 5.91 Å². The second-order valence-electron chi connectivity index (χ2n) is 9.48. The van der Waals surface area contributed by atoms with E-state index in [-0.39, 0.29) is 36.0 Å². The first-order valence-electron chi connectivity index (χ1n) is 13.1. The van der Waals surface area contributed by atoms with Crippen molar-refractivity contribution in [3.8, 4) is 11.1 Å². The number of morpholine rings is 1. The summed E-state index contributed by atoms with van der Waals surface area (Å²) in [5.74, 6) is -1.43. The van der Waals surface area contributed by atoms with Gasteiger partial charge in [0.15, 0.2) is 5.69 Å². The van der Waals surface area contributed by atoms with Crippen molar-refractivity contribution in [2.24, 2.45) is 5.92 Å². The van der Waals surface area contributed by atoms with E-state index in [1.165, 1.54) is 18.3 Å². The van der Waals surface area contributed by atoms with E-state index < -0.39 is 5.92 Å². The molecule has 208 valence electrons. The Bertz CT molecular complexity index is 1220. The van der Waals surface area contributed by atoms with Gasteiger partial charge in [0.2, 0.25) is 0 Å². The van der Waals surface area contributed by atoms with E-state index in [1.54, 1.807) is 13.0 Å². The molecule has 2 N–H and O–H groups in total. The van der Waals surface area contributed by atoms with Crippen LogP contribution in [-0.4, -0.2) is 77.7 Å². The van der Waals surface area contributed by atoms with Crippen LogP contribution >= 0.6 is 11.6 Å². The average Bonchev–Trinajstić information content (AvgIpc) is 3.49. The molecule has 0 spiro atoms. The Hall–Kier alpha value is -3.34. The van der Waals surface area contributed by atoms with Crippen LogP contribution in [0.4, 0.5) is 4.39 Å². The Balaban J connectivity index is 1.51. The molecule has 0 radical (unpaired) electrons. The molecule has 1 aromatic heterocycles. The van der Waals surface area contributed by atoms with Gasteiger partial charge in [-0.05, 0) is 62.1 Å². The molecule has 1 aliphatic rings. The highest BCUT2D eigenvalue weighted by molar-refractivity contribution is 6.30. The molecule has 2 atom stereocenters. The number of H-pyrrole nitrogens is 1. The lowest BCUT2D eigenvalue weighted by Crippen LogP contribution is -2.41. The lowest BCUT2D eigenvalue weighted by molar-refractivity contribution is -0.149. The summed E-state index contributed by atoms with van der Waals surface area (Å²) < 4.78 is 25.2. The number of esters is 1. The van der Waals surface area contributed by atoms with Crippen molar-refractivity contribution in [1.29, 1.82) is 0 Å². The molecule has 4 rings (SSSR count). The van der Waals surface area contributed by atoms with Crippen molar-refractivity contribution >= 4 is 23.5 Å². The number of carbonyl (C=O) groups is 2. The van der Waals surface area contributed by atoms with Gasteiger partial charge in [0, 0.05) is 29.7 Å². The summed E-state index contributed by atoms with van der Waals surface area (Å²) in [5, 5.41) is 13.5. The first-order valence-corrected chi connectivity index (χ1v) is 13.5. The lowest BCUT2D eigenvalue weighted by atomic mass is 9.91. The Kier molecular flexibility index (Phi) is 10.4. The van der Waals surface area contributed by atoms with Crippen LogP contribution in [0.25, 0.3) is 11.1 Å². The van der Waals surface area contributed by atoms with Crippen molar-refractivity contribution in [1.82, 2.24) is 25.6 Å². The van der Waals surface area contributed by atoms with Gasteiger partial charge < -0.3 is 14.8 Å². The number of ether oxygens (including phenoxy) is 2. The highest BCUT2D eigenvalue weighted by atomic mass is 35.5. The highest BCUT2D eigenvalue weighted by Crippen LogP contribution is 2.27. The molecule has 11 heteroatoms.